The molecule has 2 aliphatic rings. The number of carboxylic acid groups (broad SMARTS) is 1. The van der Waals surface area contributed by atoms with E-state index in [2.05, 4.69) is 5.32 Å². The zero-order valence-corrected chi connectivity index (χ0v) is 12.2. The van der Waals surface area contributed by atoms with E-state index >= 15 is 0 Å². The Morgan fingerprint density at radius 2 is 2.00 bits per heavy atom. The van der Waals surface area contributed by atoms with Gasteiger partial charge in [-0.1, -0.05) is 12.8 Å². The number of carboxylic acids is 1. The predicted molar refractivity (Wildman–Crippen MR) is 74.3 cm³/mol. The second-order valence-corrected chi connectivity index (χ2v) is 6.28. The minimum Gasteiger partial charge on any atom is -0.481 e. The van der Waals surface area contributed by atoms with Crippen molar-refractivity contribution >= 4 is 11.9 Å². The largest absolute Gasteiger partial charge is 0.481 e. The van der Waals surface area contributed by atoms with Gasteiger partial charge in [0.25, 0.3) is 0 Å². The number of ether oxygens (including phenoxy) is 1. The molecule has 3 unspecified atom stereocenters. The first kappa shape index (κ1) is 15.3. The van der Waals surface area contributed by atoms with Crippen LogP contribution in [0.15, 0.2) is 0 Å². The predicted octanol–water partition coefficient (Wildman–Crippen LogP) is 2.10. The van der Waals surface area contributed by atoms with Gasteiger partial charge < -0.3 is 15.2 Å². The summed E-state index contributed by atoms with van der Waals surface area (Å²) in [6, 6.07) is -0.259. The molecule has 1 saturated heterocycles. The number of hydrogen-bond acceptors (Lipinski definition) is 3. The molecule has 1 heterocycles. The van der Waals surface area contributed by atoms with Gasteiger partial charge in [0.2, 0.25) is 5.91 Å². The molecule has 0 aromatic rings. The summed E-state index contributed by atoms with van der Waals surface area (Å²) >= 11 is 0. The van der Waals surface area contributed by atoms with Crippen LogP contribution in [0, 0.1) is 5.41 Å². The van der Waals surface area contributed by atoms with E-state index in [1.165, 1.54) is 0 Å². The first-order chi connectivity index (χ1) is 9.52. The van der Waals surface area contributed by atoms with E-state index in [1.54, 1.807) is 6.92 Å². The van der Waals surface area contributed by atoms with Crippen molar-refractivity contribution in [3.63, 3.8) is 0 Å². The van der Waals surface area contributed by atoms with Crippen LogP contribution in [0.5, 0.6) is 0 Å². The van der Waals surface area contributed by atoms with Crippen LogP contribution in [0.2, 0.25) is 0 Å². The lowest BCUT2D eigenvalue weighted by Crippen LogP contribution is -2.52. The lowest BCUT2D eigenvalue weighted by atomic mass is 9.71. The van der Waals surface area contributed by atoms with Crippen LogP contribution in [0.25, 0.3) is 0 Å². The monoisotopic (exact) mass is 283 g/mol. The Morgan fingerprint density at radius 1 is 1.25 bits per heavy atom. The van der Waals surface area contributed by atoms with E-state index in [9.17, 15) is 14.7 Å². The molecule has 5 nitrogen and oxygen atoms in total. The number of carbonyl (C=O) groups is 2. The SMILES string of the molecule is CC1(C(=O)O)CCCCC1NC(=O)CC1CCCCO1. The third-order valence-corrected chi connectivity index (χ3v) is 4.72. The number of hydrogen-bond donors (Lipinski definition) is 2. The molecule has 114 valence electrons. The number of amides is 1. The molecule has 1 aliphatic carbocycles. The van der Waals surface area contributed by atoms with Gasteiger partial charge in [-0.15, -0.1) is 0 Å². The summed E-state index contributed by atoms with van der Waals surface area (Å²) in [5.41, 5.74) is -0.832. The Hall–Kier alpha value is -1.10. The van der Waals surface area contributed by atoms with E-state index in [0.717, 1.165) is 45.1 Å². The maximum Gasteiger partial charge on any atom is 0.311 e. The molecule has 3 atom stereocenters. The van der Waals surface area contributed by atoms with Gasteiger partial charge in [-0.3, -0.25) is 9.59 Å². The Bertz CT molecular complexity index is 365. The van der Waals surface area contributed by atoms with E-state index in [0.29, 0.717) is 12.8 Å². The highest BCUT2D eigenvalue weighted by molar-refractivity contribution is 5.80. The van der Waals surface area contributed by atoms with Crippen molar-refractivity contribution < 1.29 is 19.4 Å². The third kappa shape index (κ3) is 3.51. The molecule has 20 heavy (non-hydrogen) atoms. The van der Waals surface area contributed by atoms with Crippen LogP contribution in [0.1, 0.15) is 58.3 Å². The van der Waals surface area contributed by atoms with Gasteiger partial charge in [-0.2, -0.15) is 0 Å². The van der Waals surface area contributed by atoms with Crippen LogP contribution in [-0.4, -0.2) is 35.7 Å². The summed E-state index contributed by atoms with van der Waals surface area (Å²) in [5.74, 6) is -0.882. The number of aliphatic carboxylic acids is 1. The Morgan fingerprint density at radius 3 is 2.65 bits per heavy atom. The van der Waals surface area contributed by atoms with Crippen molar-refractivity contribution in [3.05, 3.63) is 0 Å². The quantitative estimate of drug-likeness (QED) is 0.828. The van der Waals surface area contributed by atoms with Crippen molar-refractivity contribution in [1.82, 2.24) is 5.32 Å². The van der Waals surface area contributed by atoms with Crippen LogP contribution >= 0.6 is 0 Å². The van der Waals surface area contributed by atoms with Gasteiger partial charge in [0.05, 0.1) is 17.9 Å². The molecule has 2 N–H and O–H groups in total. The topological polar surface area (TPSA) is 75.6 Å². The summed E-state index contributed by atoms with van der Waals surface area (Å²) in [6.45, 7) is 2.48. The summed E-state index contributed by atoms with van der Waals surface area (Å²) in [5, 5.41) is 12.4. The van der Waals surface area contributed by atoms with Crippen LogP contribution in [-0.2, 0) is 14.3 Å². The summed E-state index contributed by atoms with van der Waals surface area (Å²) in [4.78, 5) is 23.6. The van der Waals surface area contributed by atoms with Gasteiger partial charge >= 0.3 is 5.97 Å². The van der Waals surface area contributed by atoms with Crippen molar-refractivity contribution in [2.45, 2.75) is 70.4 Å². The maximum atomic E-state index is 12.1. The van der Waals surface area contributed by atoms with E-state index < -0.39 is 11.4 Å². The molecule has 1 saturated carbocycles. The molecule has 5 heteroatoms. The normalized spacial score (nSPS) is 34.5. The van der Waals surface area contributed by atoms with Gasteiger partial charge in [0.15, 0.2) is 0 Å². The highest BCUT2D eigenvalue weighted by atomic mass is 16.5. The lowest BCUT2D eigenvalue weighted by Gasteiger charge is -2.38. The molecular weight excluding hydrogens is 258 g/mol. The molecule has 2 fully saturated rings. The van der Waals surface area contributed by atoms with Crippen LogP contribution in [0.3, 0.4) is 0 Å². The summed E-state index contributed by atoms with van der Waals surface area (Å²) in [7, 11) is 0. The molecular formula is C15H25NO4. The molecule has 1 amide bonds. The molecule has 2 rings (SSSR count). The van der Waals surface area contributed by atoms with Crippen LogP contribution in [0.4, 0.5) is 0 Å². The van der Waals surface area contributed by atoms with Gasteiger partial charge in [0.1, 0.15) is 0 Å². The second-order valence-electron chi connectivity index (χ2n) is 6.28. The van der Waals surface area contributed by atoms with E-state index in [1.807, 2.05) is 0 Å². The standard InChI is InChI=1S/C15H25NO4/c1-15(14(18)19)8-4-2-7-12(15)16-13(17)10-11-6-3-5-9-20-11/h11-12H,2-10H2,1H3,(H,16,17)(H,18,19). The molecule has 0 aromatic carbocycles. The summed E-state index contributed by atoms with van der Waals surface area (Å²) < 4.78 is 5.56. The zero-order valence-electron chi connectivity index (χ0n) is 12.2. The first-order valence-corrected chi connectivity index (χ1v) is 7.67. The Balaban J connectivity index is 1.89. The second kappa shape index (κ2) is 6.57. The fourth-order valence-corrected chi connectivity index (χ4v) is 3.25. The average molecular weight is 283 g/mol. The number of nitrogens with one attached hydrogen (secondary N) is 1. The minimum atomic E-state index is -0.832. The van der Waals surface area contributed by atoms with Gasteiger partial charge in [-0.05, 0) is 39.0 Å². The smallest absolute Gasteiger partial charge is 0.311 e. The minimum absolute atomic E-state index is 0.00317. The molecule has 0 bridgehead atoms. The Labute approximate surface area is 120 Å². The Kier molecular flexibility index (Phi) is 5.02. The van der Waals surface area contributed by atoms with Crippen molar-refractivity contribution in [2.24, 2.45) is 5.41 Å². The van der Waals surface area contributed by atoms with Gasteiger partial charge in [0, 0.05) is 12.6 Å². The lowest BCUT2D eigenvalue weighted by molar-refractivity contribution is -0.152. The van der Waals surface area contributed by atoms with Crippen molar-refractivity contribution in [2.75, 3.05) is 6.61 Å². The molecule has 0 aromatic heterocycles. The maximum absolute atomic E-state index is 12.1. The first-order valence-electron chi connectivity index (χ1n) is 7.67. The average Bonchev–Trinajstić information content (AvgIpc) is 2.42. The van der Waals surface area contributed by atoms with E-state index in [4.69, 9.17) is 4.74 Å². The third-order valence-electron chi connectivity index (χ3n) is 4.72. The van der Waals surface area contributed by atoms with Crippen molar-refractivity contribution in [1.29, 1.82) is 0 Å². The molecule has 0 spiro atoms. The molecule has 0 radical (unpaired) electrons. The van der Waals surface area contributed by atoms with Crippen molar-refractivity contribution in [3.8, 4) is 0 Å². The summed E-state index contributed by atoms with van der Waals surface area (Å²) in [6.07, 6.45) is 6.73. The number of rotatable bonds is 4. The highest BCUT2D eigenvalue weighted by Crippen LogP contribution is 2.36. The van der Waals surface area contributed by atoms with E-state index in [-0.39, 0.29) is 18.1 Å². The fraction of sp³-hybridized carbons (Fsp3) is 0.867. The number of carbonyl (C=O) groups excluding carboxylic acids is 1. The van der Waals surface area contributed by atoms with Crippen LogP contribution < -0.4 is 5.32 Å². The zero-order chi connectivity index (χ0) is 14.6. The van der Waals surface area contributed by atoms with Gasteiger partial charge in [-0.25, -0.2) is 0 Å². The highest BCUT2D eigenvalue weighted by Gasteiger charge is 2.43. The molecule has 1 aliphatic heterocycles. The fourth-order valence-electron chi connectivity index (χ4n) is 3.25.